The minimum absolute atomic E-state index is 0.0469. The Hall–Kier alpha value is -3.26. The largest absolute Gasteiger partial charge is 0.465 e. The van der Waals surface area contributed by atoms with Crippen LogP contribution >= 0.6 is 0 Å². The van der Waals surface area contributed by atoms with Crippen LogP contribution in [-0.2, 0) is 38.1 Å². The van der Waals surface area contributed by atoms with E-state index in [1.165, 1.54) is 12.2 Å². The lowest BCUT2D eigenvalue weighted by atomic mass is 9.79. The van der Waals surface area contributed by atoms with E-state index in [-0.39, 0.29) is 52.1 Å². The van der Waals surface area contributed by atoms with Crippen molar-refractivity contribution in [1.29, 1.82) is 0 Å². The number of hydrogen-bond acceptors (Lipinski definition) is 8. The molecule has 0 aromatic heterocycles. The number of carbonyl (C=O) groups excluding carboxylic acids is 4. The van der Waals surface area contributed by atoms with Crippen molar-refractivity contribution in [3.05, 3.63) is 12.2 Å². The summed E-state index contributed by atoms with van der Waals surface area (Å²) in [6, 6.07) is 0. The highest BCUT2D eigenvalue weighted by Crippen LogP contribution is 2.34. The topological polar surface area (TPSA) is 105 Å². The van der Waals surface area contributed by atoms with E-state index in [0.717, 1.165) is 0 Å². The number of rotatable bonds is 14. The minimum Gasteiger partial charge on any atom is -0.465 e. The third kappa shape index (κ3) is 7.16. The van der Waals surface area contributed by atoms with Gasteiger partial charge in [0.2, 0.25) is 0 Å². The molecule has 8 heteroatoms. The van der Waals surface area contributed by atoms with E-state index in [9.17, 15) is 19.2 Å². The zero-order chi connectivity index (χ0) is 24.6. The van der Waals surface area contributed by atoms with Crippen LogP contribution in [0.5, 0.6) is 0 Å². The summed E-state index contributed by atoms with van der Waals surface area (Å²) >= 11 is 0. The first-order valence-electron chi connectivity index (χ1n) is 10.5. The van der Waals surface area contributed by atoms with Crippen molar-refractivity contribution in [2.45, 2.75) is 53.4 Å². The summed E-state index contributed by atoms with van der Waals surface area (Å²) in [5.74, 6) is 1.40. The normalized spacial score (nSPS) is 11.2. The summed E-state index contributed by atoms with van der Waals surface area (Å²) in [6.07, 6.45) is 12.9. The average Bonchev–Trinajstić information content (AvgIpc) is 2.75. The smallest absolute Gasteiger partial charge is 0.324 e. The van der Waals surface area contributed by atoms with Gasteiger partial charge in [-0.3, -0.25) is 19.2 Å². The molecule has 32 heavy (non-hydrogen) atoms. The third-order valence-corrected chi connectivity index (χ3v) is 4.57. The first-order valence-corrected chi connectivity index (χ1v) is 10.5. The van der Waals surface area contributed by atoms with Crippen LogP contribution in [0.15, 0.2) is 12.2 Å². The molecule has 0 bridgehead atoms. The van der Waals surface area contributed by atoms with Crippen molar-refractivity contribution in [1.82, 2.24) is 0 Å². The quantitative estimate of drug-likeness (QED) is 0.131. The highest BCUT2D eigenvalue weighted by atomic mass is 16.6. The van der Waals surface area contributed by atoms with Crippen LogP contribution in [0.4, 0.5) is 0 Å². The highest BCUT2D eigenvalue weighted by Gasteiger charge is 2.49. The van der Waals surface area contributed by atoms with Crippen LogP contribution in [0.1, 0.15) is 53.4 Å². The summed E-state index contributed by atoms with van der Waals surface area (Å²) in [7, 11) is 0. The molecule has 0 aliphatic carbocycles. The molecule has 0 rings (SSSR count). The fraction of sp³-hybridized carbons (Fsp3) is 0.583. The molecule has 0 aromatic rings. The van der Waals surface area contributed by atoms with Gasteiger partial charge in [0.05, 0.1) is 26.4 Å². The van der Waals surface area contributed by atoms with Gasteiger partial charge >= 0.3 is 23.9 Å². The summed E-state index contributed by atoms with van der Waals surface area (Å²) in [4.78, 5) is 50.5. The Labute approximate surface area is 190 Å². The lowest BCUT2D eigenvalue weighted by Crippen LogP contribution is -2.42. The number of esters is 4. The van der Waals surface area contributed by atoms with E-state index in [1.54, 1.807) is 27.7 Å². The first-order chi connectivity index (χ1) is 15.3. The first kappa shape index (κ1) is 28.7. The number of ether oxygens (including phenoxy) is 4. The molecule has 0 aromatic carbocycles. The summed E-state index contributed by atoms with van der Waals surface area (Å²) in [5, 5.41) is 0. The van der Waals surface area contributed by atoms with E-state index in [4.69, 9.17) is 31.8 Å². The molecule has 0 saturated carbocycles. The van der Waals surface area contributed by atoms with Crippen LogP contribution in [0.25, 0.3) is 0 Å². The maximum atomic E-state index is 12.6. The minimum atomic E-state index is -1.75. The molecule has 0 unspecified atom stereocenters. The number of terminal acetylenes is 2. The van der Waals surface area contributed by atoms with E-state index in [2.05, 4.69) is 11.8 Å². The van der Waals surface area contributed by atoms with Gasteiger partial charge in [-0.1, -0.05) is 12.2 Å². The second-order valence-corrected chi connectivity index (χ2v) is 6.69. The predicted octanol–water partition coefficient (Wildman–Crippen LogP) is 2.59. The molecule has 0 radical (unpaired) electrons. The lowest BCUT2D eigenvalue weighted by Gasteiger charge is -2.27. The van der Waals surface area contributed by atoms with Crippen LogP contribution in [0.3, 0.4) is 0 Å². The second kappa shape index (κ2) is 14.7. The van der Waals surface area contributed by atoms with E-state index in [0.29, 0.717) is 0 Å². The molecule has 8 nitrogen and oxygen atoms in total. The number of hydrogen-bond donors (Lipinski definition) is 0. The SMILES string of the molecule is C#CCC(C/C=C\CC(CC#C)(C(=O)OCC)C(=O)OCC)(C(=O)OCC)C(=O)OCC. The Balaban J connectivity index is 6.04. The molecule has 0 amide bonds. The Morgan fingerprint density at radius 2 is 0.875 bits per heavy atom. The Bertz CT molecular complexity index is 666. The average molecular weight is 449 g/mol. The molecule has 0 N–H and O–H groups in total. The Morgan fingerprint density at radius 3 is 1.06 bits per heavy atom. The third-order valence-electron chi connectivity index (χ3n) is 4.57. The fourth-order valence-corrected chi connectivity index (χ4v) is 2.93. The van der Waals surface area contributed by atoms with Crippen molar-refractivity contribution in [2.24, 2.45) is 10.8 Å². The Kier molecular flexibility index (Phi) is 13.2. The zero-order valence-corrected chi connectivity index (χ0v) is 19.2. The molecule has 0 aliphatic heterocycles. The van der Waals surface area contributed by atoms with Crippen molar-refractivity contribution in [3.63, 3.8) is 0 Å². The molecule has 0 spiro atoms. The van der Waals surface area contributed by atoms with E-state index in [1.807, 2.05) is 0 Å². The van der Waals surface area contributed by atoms with Gasteiger partial charge < -0.3 is 18.9 Å². The van der Waals surface area contributed by atoms with Gasteiger partial charge in [-0.2, -0.15) is 0 Å². The molecular formula is C24H32O8. The summed E-state index contributed by atoms with van der Waals surface area (Å²) in [5.41, 5.74) is -3.50. The van der Waals surface area contributed by atoms with E-state index >= 15 is 0 Å². The van der Waals surface area contributed by atoms with Gasteiger partial charge in [0.1, 0.15) is 0 Å². The predicted molar refractivity (Wildman–Crippen MR) is 117 cm³/mol. The van der Waals surface area contributed by atoms with Crippen molar-refractivity contribution in [2.75, 3.05) is 26.4 Å². The van der Waals surface area contributed by atoms with Gasteiger partial charge in [0, 0.05) is 12.8 Å². The molecule has 0 atom stereocenters. The molecule has 0 aliphatic rings. The van der Waals surface area contributed by atoms with Crippen LogP contribution < -0.4 is 0 Å². The van der Waals surface area contributed by atoms with E-state index < -0.39 is 34.7 Å². The molecule has 0 fully saturated rings. The van der Waals surface area contributed by atoms with Gasteiger partial charge in [0.15, 0.2) is 10.8 Å². The van der Waals surface area contributed by atoms with Crippen molar-refractivity contribution < 1.29 is 38.1 Å². The van der Waals surface area contributed by atoms with Crippen LogP contribution in [0, 0.1) is 35.5 Å². The monoisotopic (exact) mass is 448 g/mol. The fourth-order valence-electron chi connectivity index (χ4n) is 2.93. The molecular weight excluding hydrogens is 416 g/mol. The zero-order valence-electron chi connectivity index (χ0n) is 19.2. The second-order valence-electron chi connectivity index (χ2n) is 6.69. The highest BCUT2D eigenvalue weighted by molar-refractivity contribution is 6.01. The maximum absolute atomic E-state index is 12.6. The summed E-state index contributed by atoms with van der Waals surface area (Å²) < 4.78 is 20.2. The van der Waals surface area contributed by atoms with Crippen molar-refractivity contribution >= 4 is 23.9 Å². The number of carbonyl (C=O) groups is 4. The van der Waals surface area contributed by atoms with Crippen LogP contribution in [0.2, 0.25) is 0 Å². The Morgan fingerprint density at radius 1 is 0.625 bits per heavy atom. The van der Waals surface area contributed by atoms with Crippen molar-refractivity contribution in [3.8, 4) is 24.7 Å². The van der Waals surface area contributed by atoms with Crippen LogP contribution in [-0.4, -0.2) is 50.3 Å². The van der Waals surface area contributed by atoms with Gasteiger partial charge in [-0.25, -0.2) is 0 Å². The lowest BCUT2D eigenvalue weighted by molar-refractivity contribution is -0.173. The molecule has 176 valence electrons. The standard InChI is InChI=1S/C24H32O8/c1-7-15-23(19(25)29-9-3,20(26)30-10-4)17-13-14-18-24(16-8-2,21(27)31-11-5)22(28)32-12-6/h1-2,13-14H,9-12,15-18H2,3-6H3/b14-13-. The van der Waals surface area contributed by atoms with Gasteiger partial charge in [-0.05, 0) is 40.5 Å². The van der Waals surface area contributed by atoms with Gasteiger partial charge in [-0.15, -0.1) is 24.7 Å². The number of allylic oxidation sites excluding steroid dienone is 2. The maximum Gasteiger partial charge on any atom is 0.324 e. The summed E-state index contributed by atoms with van der Waals surface area (Å²) in [6.45, 7) is 6.60. The molecule has 0 saturated heterocycles. The van der Waals surface area contributed by atoms with Gasteiger partial charge in [0.25, 0.3) is 0 Å². The molecule has 0 heterocycles.